The van der Waals surface area contributed by atoms with E-state index in [9.17, 15) is 22.0 Å². The van der Waals surface area contributed by atoms with E-state index in [0.717, 1.165) is 39.4 Å². The van der Waals surface area contributed by atoms with Gasteiger partial charge in [0.15, 0.2) is 0 Å². The van der Waals surface area contributed by atoms with Gasteiger partial charge < -0.3 is 5.32 Å². The molecule has 5 nitrogen and oxygen atoms in total. The lowest BCUT2D eigenvalue weighted by Crippen LogP contribution is -2.34. The highest BCUT2D eigenvalue weighted by molar-refractivity contribution is 7.92. The molecule has 0 radical (unpaired) electrons. The molecule has 0 aromatic heterocycles. The number of amides is 1. The van der Waals surface area contributed by atoms with Crippen LogP contribution in [-0.4, -0.2) is 27.1 Å². The summed E-state index contributed by atoms with van der Waals surface area (Å²) < 4.78 is 53.0. The minimum atomic E-state index is -3.66. The third-order valence-electron chi connectivity index (χ3n) is 4.05. The monoisotopic (exact) mass is 396 g/mol. The predicted octanol–water partition coefficient (Wildman–Crippen LogP) is 3.68. The number of halogens is 2. The molecule has 0 aliphatic rings. The summed E-state index contributed by atoms with van der Waals surface area (Å²) in [7, 11) is -3.66. The Morgan fingerprint density at radius 3 is 2.07 bits per heavy atom. The number of nitrogens with zero attached hydrogens (tertiary/aromatic N) is 1. The molecule has 8 heteroatoms. The van der Waals surface area contributed by atoms with Crippen LogP contribution in [0, 0.1) is 32.4 Å². The summed E-state index contributed by atoms with van der Waals surface area (Å²) in [5.74, 6) is -2.47. The summed E-state index contributed by atoms with van der Waals surface area (Å²) in [6.07, 6.45) is 0.799. The first-order valence-corrected chi connectivity index (χ1v) is 10.1. The highest BCUT2D eigenvalue weighted by atomic mass is 32.2. The third kappa shape index (κ3) is 5.03. The maximum absolute atomic E-state index is 13.6. The number of benzene rings is 2. The van der Waals surface area contributed by atoms with E-state index in [1.165, 1.54) is 6.07 Å². The first kappa shape index (κ1) is 20.8. The molecule has 0 saturated heterocycles. The lowest BCUT2D eigenvalue weighted by atomic mass is 10.1. The van der Waals surface area contributed by atoms with Gasteiger partial charge in [0.2, 0.25) is 15.9 Å². The van der Waals surface area contributed by atoms with Gasteiger partial charge in [0.1, 0.15) is 17.3 Å². The minimum absolute atomic E-state index is 0.147. The number of hydrogen-bond acceptors (Lipinski definition) is 3. The molecule has 1 N–H and O–H groups in total. The molecule has 2 aromatic rings. The van der Waals surface area contributed by atoms with Gasteiger partial charge in [-0.3, -0.25) is 9.10 Å². The third-order valence-corrected chi connectivity index (χ3v) is 5.22. The van der Waals surface area contributed by atoms with Crippen molar-refractivity contribution in [3.8, 4) is 0 Å². The molecule has 0 saturated carbocycles. The second-order valence-electron chi connectivity index (χ2n) is 6.48. The Labute approximate surface area is 158 Å². The number of nitrogens with one attached hydrogen (secondary N) is 1. The van der Waals surface area contributed by atoms with Crippen LogP contribution in [0.3, 0.4) is 0 Å². The first-order chi connectivity index (χ1) is 12.5. The van der Waals surface area contributed by atoms with Crippen LogP contribution in [0.2, 0.25) is 0 Å². The number of carbonyl (C=O) groups excluding carboxylic acids is 1. The number of rotatable bonds is 6. The SMILES string of the molecule is Cc1cc(C)c(N(CCC(=O)Nc2c(F)cccc2F)S(C)(=O)=O)c(C)c1. The molecule has 0 fully saturated rings. The zero-order valence-electron chi connectivity index (χ0n) is 15.6. The van der Waals surface area contributed by atoms with Crippen molar-refractivity contribution in [1.29, 1.82) is 0 Å². The fraction of sp³-hybridized carbons (Fsp3) is 0.316. The summed E-state index contributed by atoms with van der Waals surface area (Å²) in [6.45, 7) is 5.35. The molecule has 146 valence electrons. The summed E-state index contributed by atoms with van der Waals surface area (Å²) in [4.78, 5) is 12.1. The first-order valence-electron chi connectivity index (χ1n) is 8.30. The van der Waals surface area contributed by atoms with E-state index >= 15 is 0 Å². The fourth-order valence-corrected chi connectivity index (χ4v) is 4.07. The topological polar surface area (TPSA) is 66.5 Å². The van der Waals surface area contributed by atoms with Gasteiger partial charge in [-0.15, -0.1) is 0 Å². The minimum Gasteiger partial charge on any atom is -0.321 e. The maximum Gasteiger partial charge on any atom is 0.232 e. The van der Waals surface area contributed by atoms with E-state index in [-0.39, 0.29) is 13.0 Å². The van der Waals surface area contributed by atoms with Crippen molar-refractivity contribution in [2.24, 2.45) is 0 Å². The summed E-state index contributed by atoms with van der Waals surface area (Å²) in [5.41, 5.74) is 2.48. The summed E-state index contributed by atoms with van der Waals surface area (Å²) in [5, 5.41) is 2.16. The van der Waals surface area contributed by atoms with Crippen molar-refractivity contribution in [2.75, 3.05) is 22.4 Å². The van der Waals surface area contributed by atoms with Gasteiger partial charge in [0.05, 0.1) is 11.9 Å². The quantitative estimate of drug-likeness (QED) is 0.810. The van der Waals surface area contributed by atoms with Gasteiger partial charge in [-0.25, -0.2) is 17.2 Å². The number of anilines is 2. The van der Waals surface area contributed by atoms with Crippen molar-refractivity contribution < 1.29 is 22.0 Å². The normalized spacial score (nSPS) is 11.3. The van der Waals surface area contributed by atoms with Crippen molar-refractivity contribution in [3.63, 3.8) is 0 Å². The van der Waals surface area contributed by atoms with Crippen LogP contribution in [0.25, 0.3) is 0 Å². The van der Waals surface area contributed by atoms with Gasteiger partial charge in [-0.1, -0.05) is 23.8 Å². The molecule has 0 aliphatic heterocycles. The number of hydrogen-bond donors (Lipinski definition) is 1. The number of sulfonamides is 1. The molecule has 0 aliphatic carbocycles. The van der Waals surface area contributed by atoms with E-state index in [2.05, 4.69) is 5.32 Å². The Hall–Kier alpha value is -2.48. The highest BCUT2D eigenvalue weighted by Crippen LogP contribution is 2.28. The molecule has 0 bridgehead atoms. The molecule has 2 rings (SSSR count). The average molecular weight is 396 g/mol. The molecular weight excluding hydrogens is 374 g/mol. The second-order valence-corrected chi connectivity index (χ2v) is 8.38. The van der Waals surface area contributed by atoms with Crippen molar-refractivity contribution in [2.45, 2.75) is 27.2 Å². The van der Waals surface area contributed by atoms with Crippen LogP contribution in [0.1, 0.15) is 23.1 Å². The molecule has 2 aromatic carbocycles. The van der Waals surface area contributed by atoms with E-state index < -0.39 is 33.3 Å². The Bertz CT molecular complexity index is 932. The number of carbonyl (C=O) groups is 1. The Balaban J connectivity index is 2.23. The van der Waals surface area contributed by atoms with Gasteiger partial charge >= 0.3 is 0 Å². The lowest BCUT2D eigenvalue weighted by molar-refractivity contribution is -0.116. The van der Waals surface area contributed by atoms with Gasteiger partial charge in [0.25, 0.3) is 0 Å². The van der Waals surface area contributed by atoms with Crippen LogP contribution in [0.15, 0.2) is 30.3 Å². The van der Waals surface area contributed by atoms with Gasteiger partial charge in [-0.05, 0) is 44.0 Å². The van der Waals surface area contributed by atoms with Crippen LogP contribution in [-0.2, 0) is 14.8 Å². The standard InChI is InChI=1S/C19H22F2N2O3S/c1-12-10-13(2)19(14(3)11-12)23(27(4,25)26)9-8-17(24)22-18-15(20)6-5-7-16(18)21/h5-7,10-11H,8-9H2,1-4H3,(H,22,24). The molecule has 0 spiro atoms. The van der Waals surface area contributed by atoms with E-state index in [4.69, 9.17) is 0 Å². The second kappa shape index (κ2) is 8.04. The van der Waals surface area contributed by atoms with E-state index in [1.807, 2.05) is 19.1 Å². The molecule has 0 atom stereocenters. The smallest absolute Gasteiger partial charge is 0.232 e. The average Bonchev–Trinajstić information content (AvgIpc) is 2.52. The highest BCUT2D eigenvalue weighted by Gasteiger charge is 2.23. The van der Waals surface area contributed by atoms with Crippen molar-refractivity contribution >= 4 is 27.3 Å². The Morgan fingerprint density at radius 2 is 1.59 bits per heavy atom. The predicted molar refractivity (Wildman–Crippen MR) is 102 cm³/mol. The van der Waals surface area contributed by atoms with E-state index in [0.29, 0.717) is 5.69 Å². The zero-order chi connectivity index (χ0) is 20.4. The fourth-order valence-electron chi connectivity index (χ4n) is 3.03. The van der Waals surface area contributed by atoms with Crippen molar-refractivity contribution in [3.05, 3.63) is 58.7 Å². The number of aryl methyl sites for hydroxylation is 3. The zero-order valence-corrected chi connectivity index (χ0v) is 16.5. The van der Waals surface area contributed by atoms with Crippen LogP contribution in [0.5, 0.6) is 0 Å². The van der Waals surface area contributed by atoms with Gasteiger partial charge in [0, 0.05) is 13.0 Å². The van der Waals surface area contributed by atoms with Crippen molar-refractivity contribution in [1.82, 2.24) is 0 Å². The maximum atomic E-state index is 13.6. The summed E-state index contributed by atoms with van der Waals surface area (Å²) in [6, 6.07) is 6.96. The Kier molecular flexibility index (Phi) is 6.20. The van der Waals surface area contributed by atoms with Crippen LogP contribution in [0.4, 0.5) is 20.2 Å². The van der Waals surface area contributed by atoms with E-state index in [1.54, 1.807) is 13.8 Å². The molecular formula is C19H22F2N2O3S. The lowest BCUT2D eigenvalue weighted by Gasteiger charge is -2.26. The van der Waals surface area contributed by atoms with Crippen LogP contribution >= 0.6 is 0 Å². The Morgan fingerprint density at radius 1 is 1.07 bits per heavy atom. The molecule has 0 unspecified atom stereocenters. The largest absolute Gasteiger partial charge is 0.321 e. The van der Waals surface area contributed by atoms with Gasteiger partial charge in [-0.2, -0.15) is 0 Å². The summed E-state index contributed by atoms with van der Waals surface area (Å²) >= 11 is 0. The molecule has 1 amide bonds. The molecule has 0 heterocycles. The van der Waals surface area contributed by atoms with Crippen LogP contribution < -0.4 is 9.62 Å². The number of para-hydroxylation sites is 1. The molecule has 27 heavy (non-hydrogen) atoms.